The van der Waals surface area contributed by atoms with Gasteiger partial charge in [0.1, 0.15) is 0 Å². The van der Waals surface area contributed by atoms with Gasteiger partial charge in [-0.1, -0.05) is 110 Å². The summed E-state index contributed by atoms with van der Waals surface area (Å²) in [4.78, 5) is 13.8. The molecule has 1 rings (SSSR count). The maximum absolute atomic E-state index is 12.5. The lowest BCUT2D eigenvalue weighted by molar-refractivity contribution is 0.0954. The number of anilines is 1. The third-order valence-corrected chi connectivity index (χ3v) is 8.35. The lowest BCUT2D eigenvalue weighted by atomic mass is 10.0. The number of hydrogen-bond donors (Lipinski definition) is 2. The van der Waals surface area contributed by atoms with Crippen molar-refractivity contribution < 1.29 is 4.79 Å². The highest BCUT2D eigenvalue weighted by molar-refractivity contribution is 7.99. The molecule has 208 valence electrons. The van der Waals surface area contributed by atoms with Crippen LogP contribution >= 0.6 is 23.5 Å². The summed E-state index contributed by atoms with van der Waals surface area (Å²) in [6.45, 7) is 6.19. The Morgan fingerprint density at radius 1 is 0.722 bits per heavy atom. The van der Waals surface area contributed by atoms with Crippen molar-refractivity contribution in [2.45, 2.75) is 128 Å². The van der Waals surface area contributed by atoms with Gasteiger partial charge < -0.3 is 10.6 Å². The Hall–Kier alpha value is -0.810. The van der Waals surface area contributed by atoms with Crippen LogP contribution in [0.2, 0.25) is 0 Å². The summed E-state index contributed by atoms with van der Waals surface area (Å²) in [6, 6.07) is 6.09. The molecule has 3 nitrogen and oxygen atoms in total. The molecule has 0 radical (unpaired) electrons. The van der Waals surface area contributed by atoms with Crippen molar-refractivity contribution in [1.82, 2.24) is 5.32 Å². The van der Waals surface area contributed by atoms with E-state index in [4.69, 9.17) is 0 Å². The van der Waals surface area contributed by atoms with Crippen LogP contribution in [0.3, 0.4) is 0 Å². The van der Waals surface area contributed by atoms with Crippen molar-refractivity contribution in [2.24, 2.45) is 0 Å². The van der Waals surface area contributed by atoms with Gasteiger partial charge in [0, 0.05) is 29.2 Å². The third-order valence-electron chi connectivity index (χ3n) is 6.70. The molecular formula is C31H56N2OS2. The minimum absolute atomic E-state index is 0.0367. The molecule has 36 heavy (non-hydrogen) atoms. The summed E-state index contributed by atoms with van der Waals surface area (Å²) >= 11 is 3.66. The van der Waals surface area contributed by atoms with Crippen LogP contribution in [-0.4, -0.2) is 36.8 Å². The van der Waals surface area contributed by atoms with Crippen molar-refractivity contribution in [2.75, 3.05) is 36.2 Å². The van der Waals surface area contributed by atoms with Crippen LogP contribution in [0.1, 0.15) is 133 Å². The van der Waals surface area contributed by atoms with Gasteiger partial charge in [0.25, 0.3) is 5.91 Å². The fraction of sp³-hybridized carbons (Fsp3) is 0.774. The SMILES string of the molecule is CCCCCCCCCCCCCCCCCCNc1cc(C(=O)NCCCSC)ccc1SCC. The largest absolute Gasteiger partial charge is 0.384 e. The molecule has 0 saturated heterocycles. The molecule has 0 unspecified atom stereocenters. The third kappa shape index (κ3) is 17.6. The highest BCUT2D eigenvalue weighted by Crippen LogP contribution is 2.28. The Bertz CT molecular complexity index is 653. The monoisotopic (exact) mass is 536 g/mol. The molecule has 0 fully saturated rings. The Morgan fingerprint density at radius 2 is 1.28 bits per heavy atom. The van der Waals surface area contributed by atoms with Crippen molar-refractivity contribution in [3.8, 4) is 0 Å². The standard InChI is InChI=1S/C31H56N2OS2/c1-4-6-7-8-9-10-11-12-13-14-15-16-17-18-19-20-24-32-29-27-28(22-23-30(29)36-5-2)31(34)33-25-21-26-35-3/h22-23,27,32H,4-21,24-26H2,1-3H3,(H,33,34). The summed E-state index contributed by atoms with van der Waals surface area (Å²) in [6.07, 6.45) is 25.4. The summed E-state index contributed by atoms with van der Waals surface area (Å²) in [7, 11) is 0. The van der Waals surface area contributed by atoms with Crippen LogP contribution in [-0.2, 0) is 0 Å². The van der Waals surface area contributed by atoms with Crippen LogP contribution in [0, 0.1) is 0 Å². The molecule has 0 aliphatic heterocycles. The van der Waals surface area contributed by atoms with E-state index >= 15 is 0 Å². The summed E-state index contributed by atoms with van der Waals surface area (Å²) in [5, 5.41) is 6.67. The number of unbranched alkanes of at least 4 members (excludes halogenated alkanes) is 15. The second-order valence-corrected chi connectivity index (χ2v) is 12.3. The first-order valence-electron chi connectivity index (χ1n) is 15.0. The normalized spacial score (nSPS) is 11.1. The van der Waals surface area contributed by atoms with Crippen LogP contribution in [0.15, 0.2) is 23.1 Å². The van der Waals surface area contributed by atoms with E-state index in [-0.39, 0.29) is 5.91 Å². The molecule has 2 N–H and O–H groups in total. The second-order valence-electron chi connectivity index (χ2n) is 9.98. The predicted molar refractivity (Wildman–Crippen MR) is 166 cm³/mol. The van der Waals surface area contributed by atoms with E-state index in [1.54, 1.807) is 0 Å². The second kappa shape index (κ2) is 24.5. The molecule has 0 aliphatic carbocycles. The number of carbonyl (C=O) groups excluding carboxylic acids is 1. The average molecular weight is 537 g/mol. The number of thioether (sulfide) groups is 2. The lowest BCUT2D eigenvalue weighted by Gasteiger charge is -2.13. The van der Waals surface area contributed by atoms with E-state index < -0.39 is 0 Å². The fourth-order valence-corrected chi connectivity index (χ4v) is 5.70. The molecule has 0 atom stereocenters. The van der Waals surface area contributed by atoms with Gasteiger partial charge in [-0.25, -0.2) is 0 Å². The zero-order chi connectivity index (χ0) is 26.1. The molecule has 5 heteroatoms. The van der Waals surface area contributed by atoms with E-state index in [0.717, 1.165) is 42.3 Å². The van der Waals surface area contributed by atoms with Crippen LogP contribution in [0.25, 0.3) is 0 Å². The van der Waals surface area contributed by atoms with Crippen LogP contribution < -0.4 is 10.6 Å². The number of hydrogen-bond acceptors (Lipinski definition) is 4. The van der Waals surface area contributed by atoms with Gasteiger partial charge in [-0.2, -0.15) is 11.8 Å². The molecule has 1 aromatic carbocycles. The Kier molecular flexibility index (Phi) is 22.6. The Morgan fingerprint density at radius 3 is 1.81 bits per heavy atom. The molecule has 0 aliphatic rings. The first-order chi connectivity index (χ1) is 17.7. The zero-order valence-corrected chi connectivity index (χ0v) is 25.4. The van der Waals surface area contributed by atoms with E-state index in [1.807, 2.05) is 35.7 Å². The molecule has 0 saturated carbocycles. The number of amides is 1. The Balaban J connectivity index is 2.11. The first-order valence-corrected chi connectivity index (χ1v) is 17.4. The number of rotatable bonds is 25. The topological polar surface area (TPSA) is 41.1 Å². The van der Waals surface area contributed by atoms with Crippen molar-refractivity contribution >= 4 is 35.1 Å². The lowest BCUT2D eigenvalue weighted by Crippen LogP contribution is -2.24. The molecule has 0 spiro atoms. The average Bonchev–Trinajstić information content (AvgIpc) is 2.89. The predicted octanol–water partition coefficient (Wildman–Crippen LogP) is 9.95. The fourth-order valence-electron chi connectivity index (χ4n) is 4.51. The van der Waals surface area contributed by atoms with E-state index in [1.165, 1.54) is 108 Å². The van der Waals surface area contributed by atoms with Crippen molar-refractivity contribution in [3.63, 3.8) is 0 Å². The van der Waals surface area contributed by atoms with E-state index in [0.29, 0.717) is 0 Å². The van der Waals surface area contributed by atoms with Gasteiger partial charge >= 0.3 is 0 Å². The van der Waals surface area contributed by atoms with Crippen LogP contribution in [0.5, 0.6) is 0 Å². The van der Waals surface area contributed by atoms with Gasteiger partial charge in [0.05, 0.1) is 0 Å². The summed E-state index contributed by atoms with van der Waals surface area (Å²) in [5.41, 5.74) is 1.87. The maximum atomic E-state index is 12.5. The smallest absolute Gasteiger partial charge is 0.251 e. The van der Waals surface area contributed by atoms with Gasteiger partial charge in [-0.3, -0.25) is 4.79 Å². The van der Waals surface area contributed by atoms with Crippen LogP contribution in [0.4, 0.5) is 5.69 Å². The highest BCUT2D eigenvalue weighted by Gasteiger charge is 2.09. The molecule has 1 aromatic rings. The molecule has 0 aromatic heterocycles. The minimum atomic E-state index is 0.0367. The van der Waals surface area contributed by atoms with Gasteiger partial charge in [-0.15, -0.1) is 11.8 Å². The zero-order valence-electron chi connectivity index (χ0n) is 23.8. The van der Waals surface area contributed by atoms with Crippen molar-refractivity contribution in [1.29, 1.82) is 0 Å². The number of benzene rings is 1. The molecule has 0 bridgehead atoms. The summed E-state index contributed by atoms with van der Waals surface area (Å²) in [5.74, 6) is 2.15. The molecular weight excluding hydrogens is 480 g/mol. The van der Waals surface area contributed by atoms with Gasteiger partial charge in [0.2, 0.25) is 0 Å². The highest BCUT2D eigenvalue weighted by atomic mass is 32.2. The van der Waals surface area contributed by atoms with Crippen molar-refractivity contribution in [3.05, 3.63) is 23.8 Å². The maximum Gasteiger partial charge on any atom is 0.251 e. The Labute approximate surface area is 232 Å². The van der Waals surface area contributed by atoms with Gasteiger partial charge in [0.15, 0.2) is 0 Å². The van der Waals surface area contributed by atoms with E-state index in [2.05, 4.69) is 36.8 Å². The molecule has 0 heterocycles. The first kappa shape index (κ1) is 33.2. The van der Waals surface area contributed by atoms with E-state index in [9.17, 15) is 4.79 Å². The minimum Gasteiger partial charge on any atom is -0.384 e. The quantitative estimate of drug-likeness (QED) is 0.0963. The summed E-state index contributed by atoms with van der Waals surface area (Å²) < 4.78 is 0. The number of nitrogens with one attached hydrogen (secondary N) is 2. The number of carbonyl (C=O) groups is 1. The molecule has 1 amide bonds. The van der Waals surface area contributed by atoms with Gasteiger partial charge in [-0.05, 0) is 48.8 Å².